The van der Waals surface area contributed by atoms with Gasteiger partial charge in [0.15, 0.2) is 11.6 Å². The Morgan fingerprint density at radius 2 is 1.65 bits per heavy atom. The van der Waals surface area contributed by atoms with Crippen LogP contribution in [-0.2, 0) is 5.54 Å². The zero-order valence-corrected chi connectivity index (χ0v) is 10.8. The highest BCUT2D eigenvalue weighted by atomic mass is 19.2. The van der Waals surface area contributed by atoms with Crippen molar-refractivity contribution >= 4 is 5.69 Å². The molecular weight excluding hydrogens is 267 g/mol. The molecule has 2 rings (SSSR count). The Morgan fingerprint density at radius 1 is 1.00 bits per heavy atom. The predicted octanol–water partition coefficient (Wildman–Crippen LogP) is 3.42. The van der Waals surface area contributed by atoms with Crippen molar-refractivity contribution in [3.8, 4) is 0 Å². The lowest BCUT2D eigenvalue weighted by molar-refractivity contribution is 0.219. The number of aliphatic hydroxyl groups is 1. The molecule has 5 heteroatoms. The first-order valence-corrected chi connectivity index (χ1v) is 6.06. The number of benzene rings is 2. The summed E-state index contributed by atoms with van der Waals surface area (Å²) >= 11 is 0. The molecule has 0 spiro atoms. The fourth-order valence-electron chi connectivity index (χ4n) is 1.98. The number of aliphatic hydroxyl groups excluding tert-OH is 1. The van der Waals surface area contributed by atoms with Crippen molar-refractivity contribution in [1.29, 1.82) is 0 Å². The van der Waals surface area contributed by atoms with E-state index in [1.54, 1.807) is 6.07 Å². The van der Waals surface area contributed by atoms with Crippen LogP contribution < -0.4 is 5.32 Å². The Labute approximate surface area is 114 Å². The molecule has 0 amide bonds. The molecule has 0 aliphatic rings. The van der Waals surface area contributed by atoms with Gasteiger partial charge in [-0.15, -0.1) is 0 Å². The van der Waals surface area contributed by atoms with Gasteiger partial charge >= 0.3 is 0 Å². The number of rotatable bonds is 4. The fraction of sp³-hybridized carbons (Fsp3) is 0.200. The molecule has 0 aromatic heterocycles. The van der Waals surface area contributed by atoms with Crippen LogP contribution in [0, 0.1) is 17.5 Å². The Bertz CT molecular complexity index is 618. The summed E-state index contributed by atoms with van der Waals surface area (Å²) in [5, 5.41) is 12.3. The van der Waals surface area contributed by atoms with E-state index in [1.165, 1.54) is 37.3 Å². The number of para-hydroxylation sites is 1. The van der Waals surface area contributed by atoms with Crippen LogP contribution >= 0.6 is 0 Å². The molecule has 2 N–H and O–H groups in total. The van der Waals surface area contributed by atoms with Crippen molar-refractivity contribution < 1.29 is 18.3 Å². The molecule has 0 fully saturated rings. The van der Waals surface area contributed by atoms with Crippen LogP contribution in [0.4, 0.5) is 18.9 Å². The lowest BCUT2D eigenvalue weighted by atomic mass is 9.91. The third-order valence-electron chi connectivity index (χ3n) is 3.15. The highest BCUT2D eigenvalue weighted by Crippen LogP contribution is 2.29. The van der Waals surface area contributed by atoms with Crippen LogP contribution in [0.5, 0.6) is 0 Å². The van der Waals surface area contributed by atoms with Gasteiger partial charge in [0.2, 0.25) is 0 Å². The summed E-state index contributed by atoms with van der Waals surface area (Å²) in [6, 6.07) is 9.49. The number of nitrogens with one attached hydrogen (secondary N) is 1. The second-order valence-electron chi connectivity index (χ2n) is 4.70. The Hall–Kier alpha value is -2.01. The standard InChI is InChI=1S/C15H14F3NO/c1-15(9-20,10-5-4-7-12(17)14(10)18)19-13-8-3-2-6-11(13)16/h2-8,19-20H,9H2,1H3. The SMILES string of the molecule is CC(CO)(Nc1ccccc1F)c1cccc(F)c1F. The van der Waals surface area contributed by atoms with E-state index in [-0.39, 0.29) is 11.3 Å². The highest BCUT2D eigenvalue weighted by Gasteiger charge is 2.30. The van der Waals surface area contributed by atoms with Crippen LogP contribution in [0.3, 0.4) is 0 Å². The van der Waals surface area contributed by atoms with Gasteiger partial charge in [-0.1, -0.05) is 24.3 Å². The van der Waals surface area contributed by atoms with E-state index in [0.29, 0.717) is 0 Å². The van der Waals surface area contributed by atoms with Gasteiger partial charge in [-0.25, -0.2) is 13.2 Å². The second kappa shape index (κ2) is 5.54. The molecule has 2 aromatic rings. The fourth-order valence-corrected chi connectivity index (χ4v) is 1.98. The first-order chi connectivity index (χ1) is 9.48. The Balaban J connectivity index is 2.44. The zero-order valence-electron chi connectivity index (χ0n) is 10.8. The number of anilines is 1. The lowest BCUT2D eigenvalue weighted by Gasteiger charge is -2.31. The number of hydrogen-bond donors (Lipinski definition) is 2. The number of hydrogen-bond acceptors (Lipinski definition) is 2. The molecule has 1 atom stereocenters. The predicted molar refractivity (Wildman–Crippen MR) is 70.8 cm³/mol. The summed E-state index contributed by atoms with van der Waals surface area (Å²) in [5.74, 6) is -2.62. The quantitative estimate of drug-likeness (QED) is 0.900. The van der Waals surface area contributed by atoms with Crippen LogP contribution in [0.25, 0.3) is 0 Å². The van der Waals surface area contributed by atoms with Crippen molar-refractivity contribution in [3.05, 3.63) is 65.5 Å². The van der Waals surface area contributed by atoms with Crippen molar-refractivity contribution in [2.75, 3.05) is 11.9 Å². The van der Waals surface area contributed by atoms with E-state index in [4.69, 9.17) is 0 Å². The zero-order chi connectivity index (χ0) is 14.8. The number of halogens is 3. The molecule has 0 radical (unpaired) electrons. The molecule has 2 nitrogen and oxygen atoms in total. The minimum atomic E-state index is -1.34. The van der Waals surface area contributed by atoms with Gasteiger partial charge in [-0.3, -0.25) is 0 Å². The van der Waals surface area contributed by atoms with Gasteiger partial charge in [-0.2, -0.15) is 0 Å². The van der Waals surface area contributed by atoms with Gasteiger partial charge in [0.05, 0.1) is 17.8 Å². The maximum atomic E-state index is 13.9. The molecule has 0 heterocycles. The van der Waals surface area contributed by atoms with E-state index >= 15 is 0 Å². The molecule has 1 unspecified atom stereocenters. The lowest BCUT2D eigenvalue weighted by Crippen LogP contribution is -2.37. The van der Waals surface area contributed by atoms with Gasteiger partial charge in [0.1, 0.15) is 5.82 Å². The van der Waals surface area contributed by atoms with Crippen LogP contribution in [-0.4, -0.2) is 11.7 Å². The third-order valence-corrected chi connectivity index (χ3v) is 3.15. The highest BCUT2D eigenvalue weighted by molar-refractivity contribution is 5.49. The van der Waals surface area contributed by atoms with Gasteiger partial charge in [0, 0.05) is 5.56 Å². The minimum Gasteiger partial charge on any atom is -0.394 e. The summed E-state index contributed by atoms with van der Waals surface area (Å²) in [6.07, 6.45) is 0. The summed E-state index contributed by atoms with van der Waals surface area (Å²) in [6.45, 7) is 0.943. The van der Waals surface area contributed by atoms with Gasteiger partial charge in [0.25, 0.3) is 0 Å². The molecule has 0 saturated carbocycles. The maximum Gasteiger partial charge on any atom is 0.164 e. The van der Waals surface area contributed by atoms with Crippen LogP contribution in [0.2, 0.25) is 0 Å². The van der Waals surface area contributed by atoms with Crippen molar-refractivity contribution in [2.45, 2.75) is 12.5 Å². The van der Waals surface area contributed by atoms with E-state index in [0.717, 1.165) is 6.07 Å². The molecule has 0 aliphatic carbocycles. The second-order valence-corrected chi connectivity index (χ2v) is 4.70. The van der Waals surface area contributed by atoms with E-state index in [1.807, 2.05) is 0 Å². The maximum absolute atomic E-state index is 13.9. The van der Waals surface area contributed by atoms with E-state index in [2.05, 4.69) is 5.32 Å². The van der Waals surface area contributed by atoms with Crippen LogP contribution in [0.1, 0.15) is 12.5 Å². The molecule has 2 aromatic carbocycles. The largest absolute Gasteiger partial charge is 0.394 e. The van der Waals surface area contributed by atoms with Crippen molar-refractivity contribution in [1.82, 2.24) is 0 Å². The molecule has 0 aliphatic heterocycles. The minimum absolute atomic E-state index is 0.0664. The first-order valence-electron chi connectivity index (χ1n) is 6.06. The normalized spacial score (nSPS) is 13.8. The topological polar surface area (TPSA) is 32.3 Å². The molecule has 0 saturated heterocycles. The molecule has 20 heavy (non-hydrogen) atoms. The van der Waals surface area contributed by atoms with E-state index < -0.39 is 29.6 Å². The van der Waals surface area contributed by atoms with Crippen molar-refractivity contribution in [2.24, 2.45) is 0 Å². The van der Waals surface area contributed by atoms with E-state index in [9.17, 15) is 18.3 Å². The molecule has 106 valence electrons. The van der Waals surface area contributed by atoms with Crippen LogP contribution in [0.15, 0.2) is 42.5 Å². The Morgan fingerprint density at radius 3 is 2.30 bits per heavy atom. The average molecular weight is 281 g/mol. The third kappa shape index (κ3) is 2.63. The first kappa shape index (κ1) is 14.4. The molecular formula is C15H14F3NO. The van der Waals surface area contributed by atoms with Crippen molar-refractivity contribution in [3.63, 3.8) is 0 Å². The summed E-state index contributed by atoms with van der Waals surface area (Å²) in [5.41, 5.74) is -1.30. The monoisotopic (exact) mass is 281 g/mol. The smallest absolute Gasteiger partial charge is 0.164 e. The summed E-state index contributed by atoms with van der Waals surface area (Å²) in [4.78, 5) is 0. The molecule has 0 bridgehead atoms. The summed E-state index contributed by atoms with van der Waals surface area (Å²) in [7, 11) is 0. The Kier molecular flexibility index (Phi) is 3.99. The average Bonchev–Trinajstić information content (AvgIpc) is 2.44. The summed E-state index contributed by atoms with van der Waals surface area (Å²) < 4.78 is 40.8. The van der Waals surface area contributed by atoms with Gasteiger partial charge < -0.3 is 10.4 Å². The van der Waals surface area contributed by atoms with Gasteiger partial charge in [-0.05, 0) is 25.1 Å².